The normalized spacial score (nSPS) is 0. The first-order valence-electron chi connectivity index (χ1n) is 0. The van der Waals surface area contributed by atoms with Gasteiger partial charge < -0.3 is 0 Å². The topological polar surface area (TPSA) is 0 Å². The van der Waals surface area contributed by atoms with Crippen molar-refractivity contribution < 1.29 is 0 Å². The van der Waals surface area contributed by atoms with Crippen molar-refractivity contribution in [3.8, 4) is 0 Å². The first-order chi connectivity index (χ1) is 0. The van der Waals surface area contributed by atoms with E-state index in [1.54, 1.807) is 0 Å². The summed E-state index contributed by atoms with van der Waals surface area (Å²) in [6.07, 6.45) is 0. The van der Waals surface area contributed by atoms with E-state index in [1.807, 2.05) is 0 Å². The minimum atomic E-state index is 0. The minimum Gasteiger partial charge on any atom is -0.107 e. The molecule has 0 nitrogen and oxygen atoms in total. The van der Waals surface area contributed by atoms with Crippen molar-refractivity contribution in [1.29, 1.82) is 0 Å². The minimum absolute atomic E-state index is 0. The second kappa shape index (κ2) is 52.9. The molecule has 0 aromatic heterocycles. The quantitative estimate of drug-likeness (QED) is 0.321. The summed E-state index contributed by atoms with van der Waals surface area (Å²) < 4.78 is 0. The van der Waals surface area contributed by atoms with Gasteiger partial charge in [0.2, 0.25) is 0 Å². The van der Waals surface area contributed by atoms with Crippen LogP contribution in [0.3, 0.4) is 0 Å². The molecule has 0 saturated heterocycles. The lowest BCUT2D eigenvalue weighted by Gasteiger charge is -0.108. The molecule has 6 heavy (non-hydrogen) atoms. The van der Waals surface area contributed by atoms with Crippen molar-refractivity contribution in [3.63, 3.8) is 0 Å². The monoisotopic (exact) mass is 426 g/mol. The standard InChI is InChI=1S/3BH3.3HI/h3*1H3;3*1H. The number of rotatable bonds is 0. The molecule has 0 amide bonds. The predicted octanol–water partition coefficient (Wildman–Crippen LogP) is -1.70. The molecule has 0 aliphatic heterocycles. The van der Waals surface area contributed by atoms with Crippen molar-refractivity contribution in [3.05, 3.63) is 0 Å². The van der Waals surface area contributed by atoms with E-state index < -0.39 is 0 Å². The molecule has 0 rings (SSSR count). The Kier molecular flexibility index (Phi) is 709. The van der Waals surface area contributed by atoms with Gasteiger partial charge in [0.25, 0.3) is 0 Å². The Balaban J connectivity index is 0. The molecule has 0 saturated carbocycles. The van der Waals surface area contributed by atoms with E-state index in [0.29, 0.717) is 0 Å². The van der Waals surface area contributed by atoms with Gasteiger partial charge in [0.15, 0.2) is 0 Å². The zero-order valence-electron chi connectivity index (χ0n) is 1.22. The van der Waals surface area contributed by atoms with Crippen LogP contribution in [0.5, 0.6) is 0 Å². The number of hydrogen-bond acceptors (Lipinski definition) is 0. The maximum atomic E-state index is 0. The van der Waals surface area contributed by atoms with Crippen LogP contribution >= 0.6 is 71.9 Å². The van der Waals surface area contributed by atoms with Gasteiger partial charge in [0.1, 0.15) is 0 Å². The second-order valence-electron chi connectivity index (χ2n) is 0. The van der Waals surface area contributed by atoms with E-state index in [4.69, 9.17) is 0 Å². The fourth-order valence-corrected chi connectivity index (χ4v) is 0. The highest BCUT2D eigenvalue weighted by Crippen LogP contribution is 0.888. The highest BCUT2D eigenvalue weighted by atomic mass is 127. The molecule has 0 radical (unpaired) electrons. The average Bonchev–Trinajstić information content (AvgIpc) is 0. The van der Waals surface area contributed by atoms with Crippen molar-refractivity contribution in [1.82, 2.24) is 0 Å². The molecule has 0 aliphatic carbocycles. The van der Waals surface area contributed by atoms with E-state index in [1.165, 1.54) is 0 Å². The second-order valence-corrected chi connectivity index (χ2v) is 0. The smallest absolute Gasteiger partial charge is 0.0814 e. The zero-order valence-corrected chi connectivity index (χ0v) is 8.22. The fraction of sp³-hybridized carbons (Fsp3) is 0. The van der Waals surface area contributed by atoms with E-state index in [0.717, 1.165) is 0 Å². The Morgan fingerprint density at radius 3 is 0.333 bits per heavy atom. The van der Waals surface area contributed by atoms with Gasteiger partial charge in [-0.2, -0.15) is 0 Å². The molecule has 0 heterocycles. The van der Waals surface area contributed by atoms with E-state index in [2.05, 4.69) is 0 Å². The first kappa shape index (κ1) is 80.4. The van der Waals surface area contributed by atoms with Crippen molar-refractivity contribution in [2.75, 3.05) is 0 Å². The molecular formula is H12B3I3. The van der Waals surface area contributed by atoms with Crippen molar-refractivity contribution in [2.24, 2.45) is 0 Å². The molecule has 0 aliphatic rings. The van der Waals surface area contributed by atoms with Gasteiger partial charge in [-0.05, 0) is 0 Å². The molecule has 42 valence electrons. The Bertz CT molecular complexity index is 6.00. The summed E-state index contributed by atoms with van der Waals surface area (Å²) >= 11 is 0. The van der Waals surface area contributed by atoms with Gasteiger partial charge in [-0.3, -0.25) is 0 Å². The summed E-state index contributed by atoms with van der Waals surface area (Å²) in [5.74, 6) is 0. The third-order valence-corrected chi connectivity index (χ3v) is 0. The number of hydrogen-bond donors (Lipinski definition) is 0. The van der Waals surface area contributed by atoms with Crippen LogP contribution in [0.2, 0.25) is 0 Å². The van der Waals surface area contributed by atoms with Crippen LogP contribution in [-0.2, 0) is 0 Å². The highest BCUT2D eigenvalue weighted by Gasteiger charge is 0.0835. The molecule has 0 spiro atoms. The fourth-order valence-electron chi connectivity index (χ4n) is 0. The lowest BCUT2D eigenvalue weighted by Crippen LogP contribution is -0.382. The molecule has 6 heteroatoms. The largest absolute Gasteiger partial charge is 0.107 e. The average molecular weight is 425 g/mol. The molecule has 0 fully saturated rings. The number of halogens is 3. The van der Waals surface area contributed by atoms with Gasteiger partial charge in [0.05, 0.1) is 25.2 Å². The zero-order chi connectivity index (χ0) is 0. The van der Waals surface area contributed by atoms with Crippen molar-refractivity contribution >= 4 is 97.2 Å². The third-order valence-electron chi connectivity index (χ3n) is 0. The highest BCUT2D eigenvalue weighted by molar-refractivity contribution is 14.0. The Labute approximate surface area is 95.8 Å². The van der Waals surface area contributed by atoms with Crippen LogP contribution in [0.15, 0.2) is 0 Å². The van der Waals surface area contributed by atoms with E-state index in [9.17, 15) is 0 Å². The lowest BCUT2D eigenvalue weighted by molar-refractivity contribution is 5.75. The predicted molar refractivity (Wildman–Crippen MR) is 76.1 cm³/mol. The molecule has 0 unspecified atom stereocenters. The summed E-state index contributed by atoms with van der Waals surface area (Å²) in [7, 11) is 0. The SMILES string of the molecule is B.B.B.I.I.I. The van der Waals surface area contributed by atoms with Crippen LogP contribution in [0.4, 0.5) is 0 Å². The molecular weight excluding hydrogens is 413 g/mol. The lowest BCUT2D eigenvalue weighted by atomic mass is 10.8. The van der Waals surface area contributed by atoms with Crippen LogP contribution in [-0.4, -0.2) is 25.2 Å². The molecule has 0 atom stereocenters. The van der Waals surface area contributed by atoms with Crippen molar-refractivity contribution in [2.45, 2.75) is 0 Å². The molecule has 0 N–H and O–H groups in total. The van der Waals surface area contributed by atoms with Gasteiger partial charge in [-0.25, -0.2) is 0 Å². The molecule has 0 bridgehead atoms. The van der Waals surface area contributed by atoms with Crippen LogP contribution < -0.4 is 0 Å². The van der Waals surface area contributed by atoms with Crippen LogP contribution in [0, 0.1) is 0 Å². The summed E-state index contributed by atoms with van der Waals surface area (Å²) in [6, 6.07) is 0. The molecule has 0 aromatic rings. The summed E-state index contributed by atoms with van der Waals surface area (Å²) in [4.78, 5) is 0. The van der Waals surface area contributed by atoms with Crippen LogP contribution in [0.1, 0.15) is 0 Å². The Morgan fingerprint density at radius 2 is 0.333 bits per heavy atom. The van der Waals surface area contributed by atoms with E-state index >= 15 is 0 Å². The van der Waals surface area contributed by atoms with Gasteiger partial charge in [-0.15, -0.1) is 71.9 Å². The first-order valence-corrected chi connectivity index (χ1v) is 0. The van der Waals surface area contributed by atoms with Gasteiger partial charge in [-0.1, -0.05) is 0 Å². The summed E-state index contributed by atoms with van der Waals surface area (Å²) in [6.45, 7) is 0. The van der Waals surface area contributed by atoms with Gasteiger partial charge in [0, 0.05) is 0 Å². The summed E-state index contributed by atoms with van der Waals surface area (Å²) in [5, 5.41) is 0. The van der Waals surface area contributed by atoms with Crippen LogP contribution in [0.25, 0.3) is 0 Å². The molecule has 0 aromatic carbocycles. The Morgan fingerprint density at radius 1 is 0.333 bits per heavy atom. The van der Waals surface area contributed by atoms with E-state index in [-0.39, 0.29) is 97.2 Å². The Hall–Kier alpha value is 2.38. The maximum Gasteiger partial charge on any atom is 0.0814 e. The third kappa shape index (κ3) is 32.6. The summed E-state index contributed by atoms with van der Waals surface area (Å²) in [5.41, 5.74) is 0. The maximum absolute atomic E-state index is 0. The van der Waals surface area contributed by atoms with Gasteiger partial charge >= 0.3 is 0 Å².